The first-order valence-electron chi connectivity index (χ1n) is 13.6. The van der Waals surface area contributed by atoms with Crippen LogP contribution < -0.4 is 24.8 Å². The summed E-state index contributed by atoms with van der Waals surface area (Å²) in [5.74, 6) is 0. The molecule has 0 nitrogen and oxygen atoms in total. The van der Waals surface area contributed by atoms with E-state index in [2.05, 4.69) is 114 Å². The number of rotatable bonds is 3. The van der Waals surface area contributed by atoms with E-state index in [9.17, 15) is 0 Å². The first kappa shape index (κ1) is 31.9. The van der Waals surface area contributed by atoms with Gasteiger partial charge in [0, 0.05) is 0 Å². The Morgan fingerprint density at radius 2 is 0.846 bits per heavy atom. The van der Waals surface area contributed by atoms with E-state index in [1.54, 1.807) is 22.3 Å². The topological polar surface area (TPSA) is 0 Å². The van der Waals surface area contributed by atoms with Crippen molar-refractivity contribution in [1.82, 2.24) is 0 Å². The van der Waals surface area contributed by atoms with E-state index >= 15 is 0 Å². The van der Waals surface area contributed by atoms with Crippen molar-refractivity contribution in [2.24, 2.45) is 0 Å². The Morgan fingerprint density at radius 3 is 1.21 bits per heavy atom. The summed E-state index contributed by atoms with van der Waals surface area (Å²) in [6, 6.07) is 27.6. The van der Waals surface area contributed by atoms with Crippen LogP contribution in [0.3, 0.4) is 0 Å². The van der Waals surface area contributed by atoms with Crippen molar-refractivity contribution >= 4 is 0 Å². The van der Waals surface area contributed by atoms with Gasteiger partial charge in [-0.05, 0) is 103 Å². The molecule has 0 amide bonds. The minimum absolute atomic E-state index is 0. The minimum atomic E-state index is 0. The molecule has 2 aliphatic rings. The summed E-state index contributed by atoms with van der Waals surface area (Å²) >= 11 is 0. The van der Waals surface area contributed by atoms with Crippen LogP contribution in [0, 0.1) is 0 Å². The van der Waals surface area contributed by atoms with Crippen molar-refractivity contribution in [2.45, 2.75) is 78.1 Å². The third-order valence-corrected chi connectivity index (χ3v) is 8.45. The molecule has 0 heterocycles. The second-order valence-corrected chi connectivity index (χ2v) is 12.9. The maximum atomic E-state index is 2.42. The molecule has 200 valence electrons. The fourth-order valence-electron chi connectivity index (χ4n) is 6.78. The van der Waals surface area contributed by atoms with Gasteiger partial charge in [0.1, 0.15) is 0 Å². The third kappa shape index (κ3) is 5.61. The molecule has 0 bridgehead atoms. The van der Waals surface area contributed by atoms with Gasteiger partial charge in [-0.3, -0.25) is 0 Å². The molecule has 39 heavy (non-hydrogen) atoms. The zero-order chi connectivity index (χ0) is 25.2. The summed E-state index contributed by atoms with van der Waals surface area (Å²) in [6.07, 6.45) is 4.32. The normalized spacial score (nSPS) is 12.8. The van der Waals surface area contributed by atoms with Crippen LogP contribution >= 0.6 is 0 Å². The Bertz CT molecular complexity index is 1390. The van der Waals surface area contributed by atoms with Gasteiger partial charge in [-0.2, -0.15) is 0 Å². The van der Waals surface area contributed by atoms with Crippen LogP contribution in [0.25, 0.3) is 22.3 Å². The second kappa shape index (κ2) is 11.7. The summed E-state index contributed by atoms with van der Waals surface area (Å²) in [6.45, 7) is 14.2. The fourth-order valence-corrected chi connectivity index (χ4v) is 6.78. The van der Waals surface area contributed by atoms with Crippen LogP contribution in [0.2, 0.25) is 0 Å². The molecule has 0 fully saturated rings. The molecule has 3 heteroatoms. The van der Waals surface area contributed by atoms with Crippen LogP contribution in [-0.2, 0) is 62.4 Å². The molecule has 0 spiro atoms. The third-order valence-electron chi connectivity index (χ3n) is 8.45. The molecule has 4 aromatic carbocycles. The van der Waals surface area contributed by atoms with Crippen LogP contribution in [0.5, 0.6) is 0 Å². The molecule has 0 unspecified atom stereocenters. The summed E-state index contributed by atoms with van der Waals surface area (Å²) in [5.41, 5.74) is 18.3. The van der Waals surface area contributed by atoms with E-state index in [-0.39, 0.29) is 61.5 Å². The van der Waals surface area contributed by atoms with Gasteiger partial charge < -0.3 is 24.8 Å². The van der Waals surface area contributed by atoms with Crippen LogP contribution in [0.4, 0.5) is 0 Å². The van der Waals surface area contributed by atoms with Crippen molar-refractivity contribution in [3.05, 3.63) is 117 Å². The molecule has 0 saturated heterocycles. The molecule has 4 aromatic rings. The standard InChI is InChI=1S/C36H38.2ClH.Hf/c1-35(2,3)33-19-17-27-25-13-9-7-11-23(25)21-31(27)29(33)15-16-30-32-22-24-12-8-10-14-26(24)28(32)18-20-34(30)36(4,5)6;;;/h7-14,17-20H,15-16,21-22H2,1-6H3;2*1H;/q;;;+2/p-2. The zero-order valence-corrected chi connectivity index (χ0v) is 29.1. The average Bonchev–Trinajstić information content (AvgIpc) is 3.39. The SMILES string of the molecule is CC(C)(C)c1ccc2c(c1CCc1c(C(C)(C)C)ccc3c1Cc1ccccc1-3)Cc1ccccc1-2.[Cl-].[Cl-].[Hf+2]. The van der Waals surface area contributed by atoms with Crippen molar-refractivity contribution in [3.8, 4) is 22.3 Å². The Morgan fingerprint density at radius 1 is 0.487 bits per heavy atom. The average molecular weight is 720 g/mol. The maximum Gasteiger partial charge on any atom is 2.00 e. The van der Waals surface area contributed by atoms with E-state index in [0.29, 0.717) is 0 Å². The van der Waals surface area contributed by atoms with Crippen molar-refractivity contribution < 1.29 is 50.7 Å². The molecular formula is C36H38Cl2Hf. The van der Waals surface area contributed by atoms with Crippen LogP contribution in [0.1, 0.15) is 86.1 Å². The predicted octanol–water partition coefficient (Wildman–Crippen LogP) is 3.21. The van der Waals surface area contributed by atoms with Gasteiger partial charge in [-0.1, -0.05) is 114 Å². The van der Waals surface area contributed by atoms with Gasteiger partial charge in [-0.25, -0.2) is 0 Å². The van der Waals surface area contributed by atoms with Crippen molar-refractivity contribution in [1.29, 1.82) is 0 Å². The number of hydrogen-bond donors (Lipinski definition) is 0. The summed E-state index contributed by atoms with van der Waals surface area (Å²) < 4.78 is 0. The Kier molecular flexibility index (Phi) is 9.53. The van der Waals surface area contributed by atoms with Gasteiger partial charge in [-0.15, -0.1) is 0 Å². The Hall–Kier alpha value is -1.67. The van der Waals surface area contributed by atoms with E-state index in [1.807, 2.05) is 0 Å². The molecule has 0 saturated carbocycles. The molecular weight excluding hydrogens is 682 g/mol. The van der Waals surface area contributed by atoms with E-state index in [1.165, 1.54) is 44.5 Å². The van der Waals surface area contributed by atoms with Crippen molar-refractivity contribution in [2.75, 3.05) is 0 Å². The molecule has 0 N–H and O–H groups in total. The fraction of sp³-hybridized carbons (Fsp3) is 0.333. The van der Waals surface area contributed by atoms with Crippen LogP contribution in [0.15, 0.2) is 72.8 Å². The van der Waals surface area contributed by atoms with Crippen molar-refractivity contribution in [3.63, 3.8) is 0 Å². The molecule has 0 aromatic heterocycles. The second-order valence-electron chi connectivity index (χ2n) is 12.9. The van der Waals surface area contributed by atoms with Gasteiger partial charge in [0.25, 0.3) is 0 Å². The number of halogens is 2. The number of benzene rings is 4. The first-order valence-corrected chi connectivity index (χ1v) is 13.6. The van der Waals surface area contributed by atoms with Gasteiger partial charge in [0.05, 0.1) is 0 Å². The van der Waals surface area contributed by atoms with E-state index in [0.717, 1.165) is 25.7 Å². The van der Waals surface area contributed by atoms with Gasteiger partial charge >= 0.3 is 25.8 Å². The zero-order valence-electron chi connectivity index (χ0n) is 24.0. The monoisotopic (exact) mass is 720 g/mol. The smallest absolute Gasteiger partial charge is 1.00 e. The largest absolute Gasteiger partial charge is 2.00 e. The van der Waals surface area contributed by atoms with E-state index < -0.39 is 0 Å². The Balaban J connectivity index is 0.00000140. The number of hydrogen-bond acceptors (Lipinski definition) is 0. The molecule has 0 atom stereocenters. The van der Waals surface area contributed by atoms with E-state index in [4.69, 9.17) is 0 Å². The summed E-state index contributed by atoms with van der Waals surface area (Å²) in [7, 11) is 0. The molecule has 0 aliphatic heterocycles. The predicted molar refractivity (Wildman–Crippen MR) is 154 cm³/mol. The summed E-state index contributed by atoms with van der Waals surface area (Å²) in [4.78, 5) is 0. The van der Waals surface area contributed by atoms with Crippen LogP contribution in [-0.4, -0.2) is 0 Å². The Labute approximate surface area is 266 Å². The number of fused-ring (bicyclic) bond motifs is 6. The van der Waals surface area contributed by atoms with Gasteiger partial charge in [0.15, 0.2) is 0 Å². The quantitative estimate of drug-likeness (QED) is 0.247. The first-order chi connectivity index (χ1) is 17.1. The molecule has 6 rings (SSSR count). The summed E-state index contributed by atoms with van der Waals surface area (Å²) in [5, 5.41) is 0. The molecule has 2 aliphatic carbocycles. The van der Waals surface area contributed by atoms with Gasteiger partial charge in [0.2, 0.25) is 0 Å². The maximum absolute atomic E-state index is 2.42. The minimum Gasteiger partial charge on any atom is -1.00 e. The molecule has 0 radical (unpaired) electrons.